The second-order valence-corrected chi connectivity index (χ2v) is 7.82. The van der Waals surface area contributed by atoms with Crippen LogP contribution in [0.5, 0.6) is 5.75 Å². The standard InChI is InChI=1S/C22H28N8O3.C2H6/c1-3-7-23-19-15(5-4-6-18(19)32)12-29-13-16-10-24-21(27-20(16)28(2)22(29)33)26-17-11-25-30(14-17)8-9-31;1-2/h4-6,10-11,14,23,31-32H,3,7-9,12-13H2,1-2H3,(H,24,26,27);1-2H3. The molecule has 11 heteroatoms. The van der Waals surface area contributed by atoms with Crippen molar-refractivity contribution in [2.75, 3.05) is 35.7 Å². The first kappa shape index (κ1) is 25.8. The summed E-state index contributed by atoms with van der Waals surface area (Å²) < 4.78 is 1.61. The highest BCUT2D eigenvalue weighted by Gasteiger charge is 2.30. The van der Waals surface area contributed by atoms with Crippen LogP contribution in [0.4, 0.5) is 27.9 Å². The Morgan fingerprint density at radius 3 is 2.74 bits per heavy atom. The number of nitrogens with zero attached hydrogens (tertiary/aromatic N) is 6. The van der Waals surface area contributed by atoms with Gasteiger partial charge in [-0.2, -0.15) is 10.1 Å². The molecular weight excluding hydrogens is 448 g/mol. The number of urea groups is 1. The van der Waals surface area contributed by atoms with E-state index < -0.39 is 0 Å². The molecule has 0 aliphatic carbocycles. The first-order valence-corrected chi connectivity index (χ1v) is 11.8. The van der Waals surface area contributed by atoms with Gasteiger partial charge in [-0.05, 0) is 18.1 Å². The number of amides is 2. The zero-order chi connectivity index (χ0) is 25.4. The highest BCUT2D eigenvalue weighted by Crippen LogP contribution is 2.32. The fraction of sp³-hybridized carbons (Fsp3) is 0.417. The van der Waals surface area contributed by atoms with Gasteiger partial charge in [0.2, 0.25) is 5.95 Å². The smallest absolute Gasteiger partial charge is 0.326 e. The maximum atomic E-state index is 13.1. The maximum absolute atomic E-state index is 13.1. The lowest BCUT2D eigenvalue weighted by Gasteiger charge is -2.34. The molecule has 11 nitrogen and oxygen atoms in total. The number of rotatable bonds is 9. The number of aliphatic hydroxyl groups is 1. The van der Waals surface area contributed by atoms with Crippen LogP contribution in [-0.2, 0) is 19.6 Å². The number of aromatic hydroxyl groups is 1. The Morgan fingerprint density at radius 2 is 2.00 bits per heavy atom. The first-order valence-electron chi connectivity index (χ1n) is 11.8. The third-order valence-electron chi connectivity index (χ3n) is 5.34. The SMILES string of the molecule is CC.CCCNc1c(O)cccc1CN1Cc2cnc(Nc3cnn(CCO)c3)nc2N(C)C1=O. The van der Waals surface area contributed by atoms with Gasteiger partial charge in [0, 0.05) is 38.1 Å². The minimum Gasteiger partial charge on any atom is -0.506 e. The predicted octanol–water partition coefficient (Wildman–Crippen LogP) is 3.53. The van der Waals surface area contributed by atoms with Gasteiger partial charge in [-0.1, -0.05) is 32.9 Å². The van der Waals surface area contributed by atoms with Crippen LogP contribution >= 0.6 is 0 Å². The molecule has 0 bridgehead atoms. The van der Waals surface area contributed by atoms with Crippen LogP contribution in [0.1, 0.15) is 38.3 Å². The molecule has 0 fully saturated rings. The van der Waals surface area contributed by atoms with Crippen molar-refractivity contribution in [1.82, 2.24) is 24.6 Å². The Labute approximate surface area is 205 Å². The van der Waals surface area contributed by atoms with E-state index in [1.165, 1.54) is 4.90 Å². The summed E-state index contributed by atoms with van der Waals surface area (Å²) in [6.07, 6.45) is 5.99. The molecule has 188 valence electrons. The van der Waals surface area contributed by atoms with Crippen LogP contribution in [0.15, 0.2) is 36.8 Å². The number of hydrogen-bond donors (Lipinski definition) is 4. The van der Waals surface area contributed by atoms with Crippen molar-refractivity contribution in [2.45, 2.75) is 46.8 Å². The summed E-state index contributed by atoms with van der Waals surface area (Å²) in [5, 5.41) is 29.8. The maximum Gasteiger partial charge on any atom is 0.326 e. The van der Waals surface area contributed by atoms with Gasteiger partial charge in [0.05, 0.1) is 37.3 Å². The number of carbonyl (C=O) groups is 1. The third kappa shape index (κ3) is 5.99. The van der Waals surface area contributed by atoms with E-state index in [4.69, 9.17) is 5.11 Å². The number of phenolic OH excluding ortho intramolecular Hbond substituents is 1. The molecule has 2 aromatic heterocycles. The second kappa shape index (κ2) is 12.0. The fourth-order valence-electron chi connectivity index (χ4n) is 3.72. The van der Waals surface area contributed by atoms with Gasteiger partial charge in [0.1, 0.15) is 11.6 Å². The lowest BCUT2D eigenvalue weighted by molar-refractivity contribution is 0.196. The van der Waals surface area contributed by atoms with E-state index in [0.717, 1.165) is 24.1 Å². The molecule has 1 aromatic carbocycles. The molecule has 0 saturated heterocycles. The predicted molar refractivity (Wildman–Crippen MR) is 136 cm³/mol. The fourth-order valence-corrected chi connectivity index (χ4v) is 3.72. The topological polar surface area (TPSA) is 132 Å². The average molecular weight is 483 g/mol. The van der Waals surface area contributed by atoms with E-state index in [0.29, 0.717) is 42.8 Å². The van der Waals surface area contributed by atoms with Gasteiger partial charge in [0.25, 0.3) is 0 Å². The monoisotopic (exact) mass is 482 g/mol. The van der Waals surface area contributed by atoms with E-state index in [1.54, 1.807) is 47.4 Å². The van der Waals surface area contributed by atoms with Gasteiger partial charge in [-0.25, -0.2) is 9.78 Å². The molecular formula is C24H34N8O3. The Morgan fingerprint density at radius 1 is 1.20 bits per heavy atom. The molecule has 0 unspecified atom stereocenters. The minimum atomic E-state index is -0.187. The quantitative estimate of drug-likeness (QED) is 0.341. The molecule has 4 rings (SSSR count). The minimum absolute atomic E-state index is 0.00136. The number of aliphatic hydroxyl groups excluding tert-OH is 1. The number of phenols is 1. The van der Waals surface area contributed by atoms with Crippen LogP contribution in [0.2, 0.25) is 0 Å². The van der Waals surface area contributed by atoms with Crippen molar-refractivity contribution in [3.63, 3.8) is 0 Å². The zero-order valence-corrected chi connectivity index (χ0v) is 20.7. The molecule has 1 aliphatic heterocycles. The number of nitrogens with one attached hydrogen (secondary N) is 2. The highest BCUT2D eigenvalue weighted by atomic mass is 16.3. The van der Waals surface area contributed by atoms with Crippen LogP contribution in [0, 0.1) is 0 Å². The van der Waals surface area contributed by atoms with E-state index in [-0.39, 0.29) is 18.4 Å². The molecule has 0 saturated carbocycles. The van der Waals surface area contributed by atoms with Crippen LogP contribution in [0.3, 0.4) is 0 Å². The average Bonchev–Trinajstić information content (AvgIpc) is 3.30. The Kier molecular flexibility index (Phi) is 8.85. The zero-order valence-electron chi connectivity index (χ0n) is 20.7. The van der Waals surface area contributed by atoms with Gasteiger partial charge >= 0.3 is 6.03 Å². The van der Waals surface area contributed by atoms with Gasteiger partial charge in [-0.15, -0.1) is 0 Å². The van der Waals surface area contributed by atoms with Crippen molar-refractivity contribution in [3.05, 3.63) is 47.9 Å². The molecule has 0 radical (unpaired) electrons. The molecule has 0 spiro atoms. The first-order chi connectivity index (χ1) is 17.0. The molecule has 4 N–H and O–H groups in total. The number of aromatic nitrogens is 4. The van der Waals surface area contributed by atoms with E-state index >= 15 is 0 Å². The van der Waals surface area contributed by atoms with Crippen molar-refractivity contribution < 1.29 is 15.0 Å². The van der Waals surface area contributed by atoms with Gasteiger partial charge in [-0.3, -0.25) is 9.58 Å². The van der Waals surface area contributed by atoms with E-state index in [2.05, 4.69) is 32.6 Å². The molecule has 35 heavy (non-hydrogen) atoms. The van der Waals surface area contributed by atoms with Crippen LogP contribution in [0.25, 0.3) is 0 Å². The summed E-state index contributed by atoms with van der Waals surface area (Å²) >= 11 is 0. The number of anilines is 4. The number of fused-ring (bicyclic) bond motifs is 1. The lowest BCUT2D eigenvalue weighted by atomic mass is 10.1. The van der Waals surface area contributed by atoms with Crippen molar-refractivity contribution in [3.8, 4) is 5.75 Å². The summed E-state index contributed by atoms with van der Waals surface area (Å²) in [4.78, 5) is 25.2. The molecule has 2 amide bonds. The summed E-state index contributed by atoms with van der Waals surface area (Å²) in [6, 6.07) is 5.13. The third-order valence-corrected chi connectivity index (χ3v) is 5.34. The summed E-state index contributed by atoms with van der Waals surface area (Å²) in [5.74, 6) is 1.06. The summed E-state index contributed by atoms with van der Waals surface area (Å²) in [5.41, 5.74) is 3.00. The van der Waals surface area contributed by atoms with Crippen LogP contribution < -0.4 is 15.5 Å². The number of benzene rings is 1. The van der Waals surface area contributed by atoms with Crippen molar-refractivity contribution in [1.29, 1.82) is 0 Å². The Hall–Kier alpha value is -3.86. The molecule has 1 aliphatic rings. The number of hydrogen-bond acceptors (Lipinski definition) is 8. The van der Waals surface area contributed by atoms with Crippen molar-refractivity contribution in [2.24, 2.45) is 0 Å². The number of para-hydroxylation sites is 1. The Bertz CT molecular complexity index is 1130. The van der Waals surface area contributed by atoms with Gasteiger partial charge in [0.15, 0.2) is 0 Å². The summed E-state index contributed by atoms with van der Waals surface area (Å²) in [6.45, 7) is 7.87. The van der Waals surface area contributed by atoms with Crippen molar-refractivity contribution >= 4 is 29.2 Å². The highest BCUT2D eigenvalue weighted by molar-refractivity contribution is 5.93. The largest absolute Gasteiger partial charge is 0.506 e. The molecule has 3 aromatic rings. The van der Waals surface area contributed by atoms with E-state index in [9.17, 15) is 9.90 Å². The molecule has 0 atom stereocenters. The van der Waals surface area contributed by atoms with Gasteiger partial charge < -0.3 is 25.7 Å². The van der Waals surface area contributed by atoms with E-state index in [1.807, 2.05) is 19.9 Å². The normalized spacial score (nSPS) is 12.7. The second-order valence-electron chi connectivity index (χ2n) is 7.82. The lowest BCUT2D eigenvalue weighted by Crippen LogP contribution is -2.45. The van der Waals surface area contributed by atoms with Crippen LogP contribution in [-0.4, -0.2) is 61.1 Å². The molecule has 3 heterocycles. The number of carbonyl (C=O) groups excluding carboxylic acids is 1. The summed E-state index contributed by atoms with van der Waals surface area (Å²) in [7, 11) is 1.68. The Balaban J connectivity index is 0.00000167.